The number of nitrogens with one attached hydrogen (secondary N) is 1. The lowest BCUT2D eigenvalue weighted by molar-refractivity contribution is -0.143. The SMILES string of the molecule is CC1=C(c2cc(C(F)(F)F)cc(C(F)(F)F)c2)N(CC2CCCCC2)C(C)(C(=O)NN2CCCCC2)C1. The fourth-order valence-electron chi connectivity index (χ4n) is 6.06. The van der Waals surface area contributed by atoms with Gasteiger partial charge in [-0.05, 0) is 74.8 Å². The Morgan fingerprint density at radius 1 is 0.919 bits per heavy atom. The van der Waals surface area contributed by atoms with Crippen molar-refractivity contribution in [3.05, 3.63) is 40.5 Å². The normalized spacial score (nSPS) is 24.6. The van der Waals surface area contributed by atoms with Crippen LogP contribution in [0.2, 0.25) is 0 Å². The molecule has 1 amide bonds. The highest BCUT2D eigenvalue weighted by Gasteiger charge is 2.48. The summed E-state index contributed by atoms with van der Waals surface area (Å²) in [6.45, 7) is 5.30. The largest absolute Gasteiger partial charge is 0.416 e. The zero-order valence-corrected chi connectivity index (χ0v) is 21.4. The van der Waals surface area contributed by atoms with Crippen LogP contribution in [0.4, 0.5) is 26.3 Å². The highest BCUT2D eigenvalue weighted by atomic mass is 19.4. The number of halogens is 6. The van der Waals surface area contributed by atoms with Gasteiger partial charge in [-0.2, -0.15) is 26.3 Å². The van der Waals surface area contributed by atoms with Crippen molar-refractivity contribution in [3.8, 4) is 0 Å². The van der Waals surface area contributed by atoms with E-state index >= 15 is 0 Å². The van der Waals surface area contributed by atoms with Gasteiger partial charge in [0.2, 0.25) is 0 Å². The second kappa shape index (κ2) is 10.5. The second-order valence-electron chi connectivity index (χ2n) is 11.0. The van der Waals surface area contributed by atoms with Gasteiger partial charge in [-0.15, -0.1) is 0 Å². The minimum atomic E-state index is -4.94. The van der Waals surface area contributed by atoms with Crippen molar-refractivity contribution in [1.82, 2.24) is 15.3 Å². The monoisotopic (exact) mass is 531 g/mol. The second-order valence-corrected chi connectivity index (χ2v) is 11.0. The first-order valence-corrected chi connectivity index (χ1v) is 13.1. The van der Waals surface area contributed by atoms with Crippen molar-refractivity contribution in [2.24, 2.45) is 5.92 Å². The molecule has 3 aliphatic rings. The molecule has 1 atom stereocenters. The quantitative estimate of drug-likeness (QED) is 0.415. The lowest BCUT2D eigenvalue weighted by Crippen LogP contribution is -2.59. The molecule has 2 heterocycles. The minimum absolute atomic E-state index is 0.148. The topological polar surface area (TPSA) is 35.6 Å². The molecule has 4 rings (SSSR count). The molecule has 0 spiro atoms. The fraction of sp³-hybridized carbons (Fsp3) is 0.667. The van der Waals surface area contributed by atoms with Crippen LogP contribution in [0.15, 0.2) is 23.8 Å². The van der Waals surface area contributed by atoms with E-state index in [1.807, 2.05) is 5.01 Å². The Labute approximate surface area is 214 Å². The van der Waals surface area contributed by atoms with Gasteiger partial charge >= 0.3 is 12.4 Å². The molecule has 1 aromatic rings. The van der Waals surface area contributed by atoms with E-state index in [0.717, 1.165) is 63.5 Å². The first-order chi connectivity index (χ1) is 17.3. The fourth-order valence-corrected chi connectivity index (χ4v) is 6.06. The van der Waals surface area contributed by atoms with Gasteiger partial charge in [0.15, 0.2) is 0 Å². The summed E-state index contributed by atoms with van der Waals surface area (Å²) in [5.74, 6) is -0.0628. The van der Waals surface area contributed by atoms with E-state index in [1.54, 1.807) is 18.7 Å². The van der Waals surface area contributed by atoms with Crippen molar-refractivity contribution in [2.75, 3.05) is 19.6 Å². The van der Waals surface area contributed by atoms with Crippen LogP contribution in [0.1, 0.15) is 88.3 Å². The summed E-state index contributed by atoms with van der Waals surface area (Å²) in [5.41, 5.74) is -0.0504. The van der Waals surface area contributed by atoms with Gasteiger partial charge in [-0.3, -0.25) is 10.2 Å². The van der Waals surface area contributed by atoms with Crippen LogP contribution in [0.3, 0.4) is 0 Å². The summed E-state index contributed by atoms with van der Waals surface area (Å²) >= 11 is 0. The maximum absolute atomic E-state index is 13.7. The van der Waals surface area contributed by atoms with Crippen LogP contribution in [-0.4, -0.2) is 41.0 Å². The number of hydrazine groups is 1. The summed E-state index contributed by atoms with van der Waals surface area (Å²) in [6, 6.07) is 1.73. The van der Waals surface area contributed by atoms with Crippen LogP contribution in [0.5, 0.6) is 0 Å². The molecular weight excluding hydrogens is 496 g/mol. The van der Waals surface area contributed by atoms with Crippen LogP contribution < -0.4 is 5.43 Å². The van der Waals surface area contributed by atoms with Crippen molar-refractivity contribution in [1.29, 1.82) is 0 Å². The third-order valence-electron chi connectivity index (χ3n) is 8.01. The highest BCUT2D eigenvalue weighted by Crippen LogP contribution is 2.46. The Morgan fingerprint density at radius 3 is 2.00 bits per heavy atom. The number of carbonyl (C=O) groups excluding carboxylic acids is 1. The van der Waals surface area contributed by atoms with Gasteiger partial charge in [0, 0.05) is 31.8 Å². The molecule has 1 aromatic carbocycles. The van der Waals surface area contributed by atoms with Gasteiger partial charge in [0.1, 0.15) is 5.54 Å². The standard InChI is InChI=1S/C27H35F6N3O/c1-18-16-25(2,24(37)34-35-11-7-4-8-12-35)36(17-19-9-5-3-6-10-19)23(18)20-13-21(26(28,29)30)15-22(14-20)27(31,32)33/h13-15,19H,3-12,16-17H2,1-2H3,(H,34,37). The summed E-state index contributed by atoms with van der Waals surface area (Å²) in [5, 5.41) is 1.87. The number of amides is 1. The molecule has 1 aliphatic carbocycles. The van der Waals surface area contributed by atoms with Gasteiger partial charge < -0.3 is 4.90 Å². The minimum Gasteiger partial charge on any atom is -0.356 e. The molecule has 1 saturated carbocycles. The maximum Gasteiger partial charge on any atom is 0.416 e. The summed E-state index contributed by atoms with van der Waals surface area (Å²) in [7, 11) is 0. The molecule has 0 bridgehead atoms. The molecule has 10 heteroatoms. The van der Waals surface area contributed by atoms with E-state index in [2.05, 4.69) is 5.43 Å². The molecule has 37 heavy (non-hydrogen) atoms. The molecule has 1 N–H and O–H groups in total. The summed E-state index contributed by atoms with van der Waals surface area (Å²) < 4.78 is 82.0. The number of rotatable bonds is 5. The van der Waals surface area contributed by atoms with Gasteiger partial charge in [-0.25, -0.2) is 5.01 Å². The zero-order valence-electron chi connectivity index (χ0n) is 21.4. The van der Waals surface area contributed by atoms with Gasteiger partial charge in [0.05, 0.1) is 11.1 Å². The van der Waals surface area contributed by atoms with Crippen molar-refractivity contribution >= 4 is 11.6 Å². The van der Waals surface area contributed by atoms with Crippen LogP contribution in [-0.2, 0) is 17.1 Å². The van der Waals surface area contributed by atoms with Crippen molar-refractivity contribution in [3.63, 3.8) is 0 Å². The highest BCUT2D eigenvalue weighted by molar-refractivity contribution is 5.91. The van der Waals surface area contributed by atoms with Crippen LogP contribution >= 0.6 is 0 Å². The van der Waals surface area contributed by atoms with Crippen LogP contribution in [0.25, 0.3) is 5.70 Å². The molecule has 2 fully saturated rings. The molecule has 1 saturated heterocycles. The van der Waals surface area contributed by atoms with E-state index < -0.39 is 29.0 Å². The number of hydrogen-bond acceptors (Lipinski definition) is 3. The first-order valence-electron chi connectivity index (χ1n) is 13.1. The lowest BCUT2D eigenvalue weighted by atomic mass is 9.87. The Bertz CT molecular complexity index is 990. The number of piperidine rings is 1. The van der Waals surface area contributed by atoms with E-state index in [0.29, 0.717) is 30.9 Å². The Morgan fingerprint density at radius 2 is 1.46 bits per heavy atom. The van der Waals surface area contributed by atoms with E-state index in [9.17, 15) is 31.1 Å². The predicted molar refractivity (Wildman–Crippen MR) is 129 cm³/mol. The maximum atomic E-state index is 13.7. The van der Waals surface area contributed by atoms with E-state index in [-0.39, 0.29) is 29.9 Å². The average Bonchev–Trinajstić information content (AvgIpc) is 3.09. The number of alkyl halides is 6. The number of nitrogens with zero attached hydrogens (tertiary/aromatic N) is 2. The smallest absolute Gasteiger partial charge is 0.356 e. The Kier molecular flexibility index (Phi) is 7.89. The van der Waals surface area contributed by atoms with Crippen molar-refractivity contribution < 1.29 is 31.1 Å². The molecule has 1 unspecified atom stereocenters. The van der Waals surface area contributed by atoms with Gasteiger partial charge in [0.25, 0.3) is 5.91 Å². The summed E-state index contributed by atoms with van der Waals surface area (Å²) in [4.78, 5) is 15.5. The number of hydrogen-bond donors (Lipinski definition) is 1. The van der Waals surface area contributed by atoms with Gasteiger partial charge in [-0.1, -0.05) is 25.7 Å². The third kappa shape index (κ3) is 6.10. The van der Waals surface area contributed by atoms with Crippen LogP contribution in [0, 0.1) is 5.92 Å². The molecule has 0 aromatic heterocycles. The zero-order chi connectivity index (χ0) is 27.0. The Balaban J connectivity index is 1.75. The first kappa shape index (κ1) is 27.8. The Hall–Kier alpha value is -2.23. The lowest BCUT2D eigenvalue weighted by Gasteiger charge is -2.42. The number of carbonyl (C=O) groups is 1. The molecular formula is C27H35F6N3O. The van der Waals surface area contributed by atoms with Crippen molar-refractivity contribution in [2.45, 2.75) is 89.5 Å². The summed E-state index contributed by atoms with van der Waals surface area (Å²) in [6.07, 6.45) is -1.67. The number of benzene rings is 1. The van der Waals surface area contributed by atoms with E-state index in [4.69, 9.17) is 0 Å². The molecule has 206 valence electrons. The molecule has 2 aliphatic heterocycles. The third-order valence-corrected chi connectivity index (χ3v) is 8.01. The molecule has 0 radical (unpaired) electrons. The van der Waals surface area contributed by atoms with E-state index in [1.165, 1.54) is 0 Å². The predicted octanol–water partition coefficient (Wildman–Crippen LogP) is 7.02. The average molecular weight is 532 g/mol. The molecule has 4 nitrogen and oxygen atoms in total.